The lowest BCUT2D eigenvalue weighted by Gasteiger charge is -2.16. The van der Waals surface area contributed by atoms with Crippen LogP contribution in [0.3, 0.4) is 0 Å². The molecule has 4 aromatic heterocycles. The van der Waals surface area contributed by atoms with E-state index in [1.165, 1.54) is 71.3 Å². The topological polar surface area (TPSA) is 40.6 Å². The number of hydrogen-bond donors (Lipinski definition) is 0. The highest BCUT2D eigenvalue weighted by molar-refractivity contribution is 6.22. The Morgan fingerprint density at radius 3 is 1.53 bits per heavy atom. The summed E-state index contributed by atoms with van der Waals surface area (Å²) in [5.41, 5.74) is 14.7. The Morgan fingerprint density at radius 1 is 0.305 bits per heavy atom. The lowest BCUT2D eigenvalue weighted by atomic mass is 9.94. The van der Waals surface area contributed by atoms with Gasteiger partial charge in [0.15, 0.2) is 11.6 Å². The van der Waals surface area contributed by atoms with Crippen LogP contribution in [0.25, 0.3) is 127 Å². The van der Waals surface area contributed by atoms with Crippen LogP contribution in [0.4, 0.5) is 0 Å². The summed E-state index contributed by atoms with van der Waals surface area (Å²) in [6.07, 6.45) is 0. The van der Waals surface area contributed by atoms with Crippen molar-refractivity contribution in [1.29, 1.82) is 0 Å². The van der Waals surface area contributed by atoms with Gasteiger partial charge in [-0.05, 0) is 59.0 Å². The maximum Gasteiger partial charge on any atom is 0.182 e. The maximum atomic E-state index is 5.70. The highest BCUT2D eigenvalue weighted by atomic mass is 15.2. The van der Waals surface area contributed by atoms with Gasteiger partial charge in [0.25, 0.3) is 0 Å². The van der Waals surface area contributed by atoms with Gasteiger partial charge < -0.3 is 4.57 Å². The van der Waals surface area contributed by atoms with Crippen molar-refractivity contribution in [2.75, 3.05) is 0 Å². The molecule has 0 unspecified atom stereocenters. The van der Waals surface area contributed by atoms with Gasteiger partial charge in [-0.1, -0.05) is 146 Å². The van der Waals surface area contributed by atoms with Crippen LogP contribution in [-0.4, -0.2) is 23.7 Å². The summed E-state index contributed by atoms with van der Waals surface area (Å²) in [6.45, 7) is 0. The first kappa shape index (κ1) is 31.1. The Bertz CT molecular complexity index is 3920. The first-order chi connectivity index (χ1) is 29.3. The van der Waals surface area contributed by atoms with Crippen molar-refractivity contribution in [1.82, 2.24) is 23.7 Å². The molecule has 0 aliphatic carbocycles. The number of benzene rings is 9. The molecule has 0 spiro atoms. The molecule has 1 aliphatic heterocycles. The van der Waals surface area contributed by atoms with Gasteiger partial charge in [-0.2, -0.15) is 0 Å². The minimum atomic E-state index is 0.787. The Labute approximate surface area is 337 Å². The van der Waals surface area contributed by atoms with Crippen molar-refractivity contribution in [2.45, 2.75) is 0 Å². The number of aromatic nitrogens is 5. The molecule has 0 saturated heterocycles. The van der Waals surface area contributed by atoms with Crippen molar-refractivity contribution in [3.63, 3.8) is 0 Å². The molecule has 9 aromatic carbocycles. The summed E-state index contributed by atoms with van der Waals surface area (Å²) in [7, 11) is 0. The van der Waals surface area contributed by atoms with Gasteiger partial charge >= 0.3 is 0 Å². The molecule has 5 heterocycles. The first-order valence-electron chi connectivity index (χ1n) is 20.2. The van der Waals surface area contributed by atoms with Gasteiger partial charge in [-0.3, -0.25) is 9.13 Å². The zero-order valence-corrected chi connectivity index (χ0v) is 31.6. The fraction of sp³-hybridized carbons (Fsp3) is 0. The second-order valence-electron chi connectivity index (χ2n) is 15.7. The molecule has 0 saturated carbocycles. The van der Waals surface area contributed by atoms with Crippen molar-refractivity contribution in [3.05, 3.63) is 188 Å². The number of fused-ring (bicyclic) bond motifs is 17. The number of rotatable bonds is 2. The summed E-state index contributed by atoms with van der Waals surface area (Å²) < 4.78 is 7.20. The zero-order chi connectivity index (χ0) is 38.3. The third kappa shape index (κ3) is 4.03. The minimum Gasteiger partial charge on any atom is -0.308 e. The maximum absolute atomic E-state index is 5.70. The van der Waals surface area contributed by atoms with Crippen LogP contribution in [0.2, 0.25) is 0 Å². The number of hydrogen-bond acceptors (Lipinski definition) is 2. The van der Waals surface area contributed by atoms with Crippen LogP contribution in [0.15, 0.2) is 188 Å². The lowest BCUT2D eigenvalue weighted by molar-refractivity contribution is 0.997. The molecule has 0 N–H and O–H groups in total. The van der Waals surface area contributed by atoms with E-state index in [9.17, 15) is 0 Å². The highest BCUT2D eigenvalue weighted by Gasteiger charge is 2.27. The van der Waals surface area contributed by atoms with E-state index in [-0.39, 0.29) is 0 Å². The fourth-order valence-corrected chi connectivity index (χ4v) is 10.3. The second-order valence-corrected chi connectivity index (χ2v) is 15.7. The predicted molar refractivity (Wildman–Crippen MR) is 244 cm³/mol. The molecule has 59 heavy (non-hydrogen) atoms. The molecule has 14 rings (SSSR count). The molecule has 5 nitrogen and oxygen atoms in total. The standard InChI is InChI=1S/C54H31N5/c1-2-15-33-32(14-1)28-29-44-51(33)56-54(58-46-25-10-6-19-37(46)38-20-7-11-26-47(38)58)53(55-44)59-48-27-12-8-21-39(48)42-30-49-43(31-50(42)59)41-23-13-22-40-35-17-4-3-16-34(35)36-18-5-9-24-45(36)57(49)52(40)41/h1-31H. The second kappa shape index (κ2) is 11.3. The van der Waals surface area contributed by atoms with Crippen molar-refractivity contribution < 1.29 is 0 Å². The lowest BCUT2D eigenvalue weighted by Crippen LogP contribution is -2.09. The molecule has 0 bridgehead atoms. The Hall–Kier alpha value is -8.02. The van der Waals surface area contributed by atoms with E-state index >= 15 is 0 Å². The monoisotopic (exact) mass is 749 g/mol. The molecule has 0 atom stereocenters. The third-order valence-electron chi connectivity index (χ3n) is 12.8. The van der Waals surface area contributed by atoms with Crippen LogP contribution in [0, 0.1) is 0 Å². The summed E-state index contributed by atoms with van der Waals surface area (Å²) >= 11 is 0. The van der Waals surface area contributed by atoms with Crippen LogP contribution in [-0.2, 0) is 0 Å². The molecular weight excluding hydrogens is 719 g/mol. The van der Waals surface area contributed by atoms with E-state index in [4.69, 9.17) is 9.97 Å². The highest BCUT2D eigenvalue weighted by Crippen LogP contribution is 2.48. The minimum absolute atomic E-state index is 0.787. The molecule has 5 heteroatoms. The van der Waals surface area contributed by atoms with Crippen LogP contribution < -0.4 is 0 Å². The molecular formula is C54H31N5. The zero-order valence-electron chi connectivity index (χ0n) is 31.6. The third-order valence-corrected chi connectivity index (χ3v) is 12.8. The van der Waals surface area contributed by atoms with E-state index in [1.54, 1.807) is 0 Å². The van der Waals surface area contributed by atoms with Gasteiger partial charge in [0, 0.05) is 48.8 Å². The van der Waals surface area contributed by atoms with Gasteiger partial charge in [0.05, 0.1) is 49.8 Å². The quantitative estimate of drug-likeness (QED) is 0.165. The Morgan fingerprint density at radius 2 is 0.797 bits per heavy atom. The average molecular weight is 750 g/mol. The smallest absolute Gasteiger partial charge is 0.182 e. The summed E-state index contributed by atoms with van der Waals surface area (Å²) in [5.74, 6) is 1.58. The average Bonchev–Trinajstić information content (AvgIpc) is 3.90. The van der Waals surface area contributed by atoms with Crippen molar-refractivity contribution in [2.24, 2.45) is 0 Å². The molecule has 1 aliphatic rings. The van der Waals surface area contributed by atoms with Crippen molar-refractivity contribution in [3.8, 4) is 39.6 Å². The summed E-state index contributed by atoms with van der Waals surface area (Å²) in [4.78, 5) is 11.4. The molecule has 272 valence electrons. The normalized spacial score (nSPS) is 12.4. The van der Waals surface area contributed by atoms with E-state index in [1.807, 2.05) is 0 Å². The van der Waals surface area contributed by atoms with Gasteiger partial charge in [0.1, 0.15) is 0 Å². The molecule has 0 fully saturated rings. The van der Waals surface area contributed by atoms with Gasteiger partial charge in [-0.15, -0.1) is 0 Å². The van der Waals surface area contributed by atoms with E-state index in [2.05, 4.69) is 202 Å². The van der Waals surface area contributed by atoms with E-state index < -0.39 is 0 Å². The van der Waals surface area contributed by atoms with Crippen LogP contribution in [0.5, 0.6) is 0 Å². The van der Waals surface area contributed by atoms with E-state index in [0.29, 0.717) is 0 Å². The van der Waals surface area contributed by atoms with E-state index in [0.717, 1.165) is 55.5 Å². The molecule has 0 amide bonds. The Balaban J connectivity index is 1.17. The SMILES string of the molecule is c1ccc2c(c1)-c1ccccc1-n1c3cc4c5ccccc5n(-c5nc6ccc7ccccc7c6nc5-n5c6ccccc6c6ccccc65)c4cc3c3cccc-2c31. The molecule has 13 aromatic rings. The number of nitrogens with zero attached hydrogens (tertiary/aromatic N) is 5. The largest absolute Gasteiger partial charge is 0.308 e. The fourth-order valence-electron chi connectivity index (χ4n) is 10.3. The van der Waals surface area contributed by atoms with Gasteiger partial charge in [0.2, 0.25) is 0 Å². The van der Waals surface area contributed by atoms with Crippen LogP contribution in [0.1, 0.15) is 0 Å². The first-order valence-corrected chi connectivity index (χ1v) is 20.2. The van der Waals surface area contributed by atoms with Gasteiger partial charge in [-0.25, -0.2) is 9.97 Å². The Kier molecular flexibility index (Phi) is 5.96. The summed E-state index contributed by atoms with van der Waals surface area (Å²) in [6, 6.07) is 68.2. The molecule has 0 radical (unpaired) electrons. The van der Waals surface area contributed by atoms with Crippen LogP contribution >= 0.6 is 0 Å². The number of para-hydroxylation sites is 5. The predicted octanol–water partition coefficient (Wildman–Crippen LogP) is 13.7. The van der Waals surface area contributed by atoms with Crippen molar-refractivity contribution >= 4 is 87.2 Å². The summed E-state index contributed by atoms with van der Waals surface area (Å²) in [5, 5.41) is 9.36.